The Morgan fingerprint density at radius 1 is 0.923 bits per heavy atom. The number of halogens is 1. The van der Waals surface area contributed by atoms with Gasteiger partial charge in [0.1, 0.15) is 18.1 Å². The van der Waals surface area contributed by atoms with Crippen LogP contribution in [0.25, 0.3) is 0 Å². The van der Waals surface area contributed by atoms with Crippen molar-refractivity contribution < 1.29 is 14.3 Å². The van der Waals surface area contributed by atoms with Crippen LogP contribution in [0.15, 0.2) is 72.8 Å². The lowest BCUT2D eigenvalue weighted by Gasteiger charge is -2.11. The number of rotatable bonds is 6. The molecule has 3 aromatic carbocycles. The summed E-state index contributed by atoms with van der Waals surface area (Å²) in [5.41, 5.74) is 2.13. The minimum Gasteiger partial charge on any atom is -0.495 e. The van der Waals surface area contributed by atoms with Crippen LogP contribution >= 0.6 is 11.6 Å². The summed E-state index contributed by atoms with van der Waals surface area (Å²) >= 11 is 6.07. The minimum absolute atomic E-state index is 0.201. The van der Waals surface area contributed by atoms with Crippen molar-refractivity contribution in [1.29, 1.82) is 0 Å². The van der Waals surface area contributed by atoms with E-state index in [-0.39, 0.29) is 5.91 Å². The van der Waals surface area contributed by atoms with Crippen molar-refractivity contribution in [3.63, 3.8) is 0 Å². The van der Waals surface area contributed by atoms with Crippen molar-refractivity contribution in [3.05, 3.63) is 88.9 Å². The first-order chi connectivity index (χ1) is 12.7. The largest absolute Gasteiger partial charge is 0.495 e. The summed E-state index contributed by atoms with van der Waals surface area (Å²) in [5.74, 6) is 1.05. The number of benzene rings is 3. The van der Waals surface area contributed by atoms with Gasteiger partial charge in [0, 0.05) is 5.56 Å². The molecule has 0 unspecified atom stereocenters. The molecule has 132 valence electrons. The van der Waals surface area contributed by atoms with E-state index in [2.05, 4.69) is 5.32 Å². The molecule has 0 saturated heterocycles. The van der Waals surface area contributed by atoms with Gasteiger partial charge in [-0.05, 0) is 42.0 Å². The summed E-state index contributed by atoms with van der Waals surface area (Å²) in [5, 5.41) is 3.42. The number of hydrogen-bond acceptors (Lipinski definition) is 3. The summed E-state index contributed by atoms with van der Waals surface area (Å²) in [7, 11) is 1.57. The number of carbonyl (C=O) groups is 1. The van der Waals surface area contributed by atoms with E-state index in [1.54, 1.807) is 37.4 Å². The number of para-hydroxylation sites is 3. The van der Waals surface area contributed by atoms with Crippen molar-refractivity contribution >= 4 is 23.2 Å². The van der Waals surface area contributed by atoms with Crippen molar-refractivity contribution in [3.8, 4) is 11.5 Å². The molecule has 0 aromatic heterocycles. The number of hydrogen-bond donors (Lipinski definition) is 1. The lowest BCUT2D eigenvalue weighted by Crippen LogP contribution is -2.12. The van der Waals surface area contributed by atoms with Crippen LogP contribution in [-0.4, -0.2) is 13.0 Å². The standard InChI is InChI=1S/C21H18ClNO3/c1-25-20-9-5-3-7-18(20)23-21(24)16-12-10-15(11-13-16)14-26-19-8-4-2-6-17(19)22/h2-13H,14H2,1H3,(H,23,24). The molecule has 3 rings (SSSR count). The molecule has 3 aromatic rings. The second kappa shape index (κ2) is 8.41. The van der Waals surface area contributed by atoms with Gasteiger partial charge in [0.25, 0.3) is 5.91 Å². The van der Waals surface area contributed by atoms with Crippen LogP contribution in [0, 0.1) is 0 Å². The predicted molar refractivity (Wildman–Crippen MR) is 103 cm³/mol. The molecule has 0 aliphatic rings. The highest BCUT2D eigenvalue weighted by Crippen LogP contribution is 2.25. The molecule has 4 nitrogen and oxygen atoms in total. The van der Waals surface area contributed by atoms with Crippen LogP contribution in [0.1, 0.15) is 15.9 Å². The van der Waals surface area contributed by atoms with Gasteiger partial charge in [-0.2, -0.15) is 0 Å². The van der Waals surface area contributed by atoms with Gasteiger partial charge in [0.2, 0.25) is 0 Å². The zero-order valence-corrected chi connectivity index (χ0v) is 15.0. The number of nitrogens with one attached hydrogen (secondary N) is 1. The van der Waals surface area contributed by atoms with E-state index in [9.17, 15) is 4.79 Å². The van der Waals surface area contributed by atoms with Crippen LogP contribution in [0.3, 0.4) is 0 Å². The summed E-state index contributed by atoms with van der Waals surface area (Å²) in [6, 6.07) is 21.8. The molecule has 0 bridgehead atoms. The summed E-state index contributed by atoms with van der Waals surface area (Å²) < 4.78 is 10.9. The fourth-order valence-corrected chi connectivity index (χ4v) is 2.61. The zero-order valence-electron chi connectivity index (χ0n) is 14.2. The van der Waals surface area contributed by atoms with E-state index in [0.717, 1.165) is 5.56 Å². The number of methoxy groups -OCH3 is 1. The van der Waals surface area contributed by atoms with Gasteiger partial charge in [-0.1, -0.05) is 48.0 Å². The average molecular weight is 368 g/mol. The van der Waals surface area contributed by atoms with Crippen LogP contribution < -0.4 is 14.8 Å². The first-order valence-corrected chi connectivity index (χ1v) is 8.46. The van der Waals surface area contributed by atoms with E-state index in [0.29, 0.717) is 34.4 Å². The highest BCUT2D eigenvalue weighted by Gasteiger charge is 2.09. The van der Waals surface area contributed by atoms with Crippen molar-refractivity contribution in [1.82, 2.24) is 0 Å². The quantitative estimate of drug-likeness (QED) is 0.653. The van der Waals surface area contributed by atoms with Crippen LogP contribution in [0.5, 0.6) is 11.5 Å². The van der Waals surface area contributed by atoms with E-state index < -0.39 is 0 Å². The fraction of sp³-hybridized carbons (Fsp3) is 0.0952. The lowest BCUT2D eigenvalue weighted by molar-refractivity contribution is 0.102. The van der Waals surface area contributed by atoms with Gasteiger partial charge in [0.05, 0.1) is 17.8 Å². The third-order valence-electron chi connectivity index (χ3n) is 3.80. The second-order valence-corrected chi connectivity index (χ2v) is 5.98. The Morgan fingerprint density at radius 3 is 2.27 bits per heavy atom. The Kier molecular flexibility index (Phi) is 5.77. The Hall–Kier alpha value is -2.98. The first kappa shape index (κ1) is 17.8. The SMILES string of the molecule is COc1ccccc1NC(=O)c1ccc(COc2ccccc2Cl)cc1. The smallest absolute Gasteiger partial charge is 0.255 e. The van der Waals surface area contributed by atoms with Gasteiger partial charge >= 0.3 is 0 Å². The van der Waals surface area contributed by atoms with Crippen LogP contribution in [0.4, 0.5) is 5.69 Å². The summed E-state index contributed by atoms with van der Waals surface area (Å²) in [6.07, 6.45) is 0. The molecule has 0 atom stereocenters. The maximum atomic E-state index is 12.4. The van der Waals surface area contributed by atoms with Crippen molar-refractivity contribution in [2.75, 3.05) is 12.4 Å². The normalized spacial score (nSPS) is 10.2. The van der Waals surface area contributed by atoms with E-state index in [4.69, 9.17) is 21.1 Å². The van der Waals surface area contributed by atoms with E-state index >= 15 is 0 Å². The first-order valence-electron chi connectivity index (χ1n) is 8.08. The Bertz CT molecular complexity index is 894. The topological polar surface area (TPSA) is 47.6 Å². The number of ether oxygens (including phenoxy) is 2. The molecule has 0 radical (unpaired) electrons. The third-order valence-corrected chi connectivity index (χ3v) is 4.11. The Labute approximate surface area is 157 Å². The lowest BCUT2D eigenvalue weighted by atomic mass is 10.1. The molecule has 0 aliphatic carbocycles. The average Bonchev–Trinajstić information content (AvgIpc) is 2.68. The molecular weight excluding hydrogens is 350 g/mol. The highest BCUT2D eigenvalue weighted by molar-refractivity contribution is 6.32. The second-order valence-electron chi connectivity index (χ2n) is 5.57. The third kappa shape index (κ3) is 4.35. The molecule has 0 saturated carbocycles. The number of carbonyl (C=O) groups excluding carboxylic acids is 1. The summed E-state index contributed by atoms with van der Waals surface area (Å²) in [6.45, 7) is 0.373. The van der Waals surface area contributed by atoms with Crippen LogP contribution in [0.2, 0.25) is 5.02 Å². The summed E-state index contributed by atoms with van der Waals surface area (Å²) in [4.78, 5) is 12.4. The molecule has 1 amide bonds. The van der Waals surface area contributed by atoms with E-state index in [1.165, 1.54) is 0 Å². The Balaban J connectivity index is 1.63. The molecule has 1 N–H and O–H groups in total. The fourth-order valence-electron chi connectivity index (χ4n) is 2.42. The molecular formula is C21H18ClNO3. The number of amides is 1. The minimum atomic E-state index is -0.201. The van der Waals surface area contributed by atoms with Gasteiger partial charge in [-0.3, -0.25) is 4.79 Å². The highest BCUT2D eigenvalue weighted by atomic mass is 35.5. The zero-order chi connectivity index (χ0) is 18.4. The Morgan fingerprint density at radius 2 is 1.58 bits per heavy atom. The molecule has 0 heterocycles. The van der Waals surface area contributed by atoms with Crippen molar-refractivity contribution in [2.24, 2.45) is 0 Å². The van der Waals surface area contributed by atoms with Gasteiger partial charge in [-0.25, -0.2) is 0 Å². The van der Waals surface area contributed by atoms with Crippen molar-refractivity contribution in [2.45, 2.75) is 6.61 Å². The predicted octanol–water partition coefficient (Wildman–Crippen LogP) is 5.18. The van der Waals surface area contributed by atoms with Gasteiger partial charge in [-0.15, -0.1) is 0 Å². The van der Waals surface area contributed by atoms with Gasteiger partial charge in [0.15, 0.2) is 0 Å². The molecule has 0 aliphatic heterocycles. The number of anilines is 1. The molecule has 0 spiro atoms. The maximum Gasteiger partial charge on any atom is 0.255 e. The van der Waals surface area contributed by atoms with E-state index in [1.807, 2.05) is 42.5 Å². The van der Waals surface area contributed by atoms with Gasteiger partial charge < -0.3 is 14.8 Å². The molecule has 0 fully saturated rings. The molecule has 26 heavy (non-hydrogen) atoms. The van der Waals surface area contributed by atoms with Crippen LogP contribution in [-0.2, 0) is 6.61 Å². The monoisotopic (exact) mass is 367 g/mol. The molecule has 5 heteroatoms. The maximum absolute atomic E-state index is 12.4.